The zero-order valence-corrected chi connectivity index (χ0v) is 17.5. The van der Waals surface area contributed by atoms with Crippen molar-refractivity contribution in [1.82, 2.24) is 10.6 Å². The van der Waals surface area contributed by atoms with E-state index in [9.17, 15) is 9.59 Å². The molecule has 3 aromatic rings. The van der Waals surface area contributed by atoms with Crippen molar-refractivity contribution in [1.29, 1.82) is 0 Å². The van der Waals surface area contributed by atoms with Gasteiger partial charge in [-0.3, -0.25) is 9.59 Å². The average molecular weight is 405 g/mol. The number of rotatable bonds is 6. The summed E-state index contributed by atoms with van der Waals surface area (Å²) in [6.45, 7) is 5.82. The van der Waals surface area contributed by atoms with Gasteiger partial charge in [-0.1, -0.05) is 54.1 Å². The lowest BCUT2D eigenvalue weighted by atomic mass is 10.1. The van der Waals surface area contributed by atoms with Crippen molar-refractivity contribution in [2.24, 2.45) is 0 Å². The largest absolute Gasteiger partial charge is 0.344 e. The monoisotopic (exact) mass is 404 g/mol. The summed E-state index contributed by atoms with van der Waals surface area (Å²) in [5.41, 5.74) is 3.79. The minimum atomic E-state index is -0.326. The van der Waals surface area contributed by atoms with Crippen LogP contribution in [0.4, 0.5) is 0 Å². The van der Waals surface area contributed by atoms with E-state index in [1.54, 1.807) is 12.1 Å². The maximum absolute atomic E-state index is 13.0. The van der Waals surface area contributed by atoms with Crippen LogP contribution in [0, 0.1) is 13.8 Å². The number of nitrogens with one attached hydrogen (secondary N) is 2. The topological polar surface area (TPSA) is 58.2 Å². The second-order valence-electron chi connectivity index (χ2n) is 6.95. The molecule has 0 aliphatic heterocycles. The highest BCUT2D eigenvalue weighted by molar-refractivity contribution is 7.10. The van der Waals surface area contributed by atoms with Gasteiger partial charge in [0.2, 0.25) is 0 Å². The third-order valence-corrected chi connectivity index (χ3v) is 5.46. The van der Waals surface area contributed by atoms with E-state index in [1.807, 2.05) is 80.7 Å². The summed E-state index contributed by atoms with van der Waals surface area (Å²) in [4.78, 5) is 26.6. The highest BCUT2D eigenvalue weighted by Crippen LogP contribution is 2.17. The number of benzene rings is 2. The zero-order chi connectivity index (χ0) is 20.8. The van der Waals surface area contributed by atoms with Crippen molar-refractivity contribution >= 4 is 29.2 Å². The number of carbonyl (C=O) groups excluding carboxylic acids is 2. The third kappa shape index (κ3) is 5.42. The van der Waals surface area contributed by atoms with Crippen LogP contribution in [0.5, 0.6) is 0 Å². The molecule has 0 bridgehead atoms. The molecule has 0 fully saturated rings. The molecule has 2 aromatic carbocycles. The summed E-state index contributed by atoms with van der Waals surface area (Å²) >= 11 is 1.50. The van der Waals surface area contributed by atoms with E-state index in [1.165, 1.54) is 11.3 Å². The fraction of sp³-hybridized carbons (Fsp3) is 0.167. The number of aryl methyl sites for hydroxylation is 2. The Kier molecular flexibility index (Phi) is 6.62. The standard InChI is InChI=1S/C24H24N2O2S/c1-16-10-12-19(13-11-16)18(3)25-24(28)22(15-20-8-6-14-29-20)26-23(27)21-9-5-4-7-17(21)2/h4-15,18H,1-3H3,(H,25,28)(H,26,27)/b22-15-/t18-/m1/s1. The van der Waals surface area contributed by atoms with E-state index in [-0.39, 0.29) is 23.6 Å². The number of thiophene rings is 1. The minimum absolute atomic E-state index is 0.190. The molecule has 0 aliphatic carbocycles. The summed E-state index contributed by atoms with van der Waals surface area (Å²) in [5, 5.41) is 7.71. The van der Waals surface area contributed by atoms with E-state index >= 15 is 0 Å². The van der Waals surface area contributed by atoms with Crippen molar-refractivity contribution in [2.75, 3.05) is 0 Å². The van der Waals surface area contributed by atoms with Crippen molar-refractivity contribution in [3.63, 3.8) is 0 Å². The molecule has 2 N–H and O–H groups in total. The first-order valence-corrected chi connectivity index (χ1v) is 10.3. The Morgan fingerprint density at radius 3 is 2.34 bits per heavy atom. The van der Waals surface area contributed by atoms with Crippen molar-refractivity contribution in [2.45, 2.75) is 26.8 Å². The molecule has 1 atom stereocenters. The molecule has 2 amide bonds. The highest BCUT2D eigenvalue weighted by Gasteiger charge is 2.18. The molecule has 5 heteroatoms. The van der Waals surface area contributed by atoms with Gasteiger partial charge in [-0.25, -0.2) is 0 Å². The van der Waals surface area contributed by atoms with Gasteiger partial charge in [0.25, 0.3) is 11.8 Å². The van der Waals surface area contributed by atoms with Crippen LogP contribution in [0.3, 0.4) is 0 Å². The quantitative estimate of drug-likeness (QED) is 0.567. The van der Waals surface area contributed by atoms with Gasteiger partial charge in [0.15, 0.2) is 0 Å². The first-order chi connectivity index (χ1) is 13.9. The minimum Gasteiger partial charge on any atom is -0.344 e. The number of carbonyl (C=O) groups is 2. The molecule has 0 saturated heterocycles. The van der Waals surface area contributed by atoms with Crippen LogP contribution < -0.4 is 10.6 Å². The molecule has 1 aromatic heterocycles. The maximum Gasteiger partial charge on any atom is 0.268 e. The van der Waals surface area contributed by atoms with Gasteiger partial charge in [-0.15, -0.1) is 11.3 Å². The molecule has 0 radical (unpaired) electrons. The third-order valence-electron chi connectivity index (χ3n) is 4.64. The Morgan fingerprint density at radius 1 is 0.966 bits per heavy atom. The van der Waals surface area contributed by atoms with Crippen molar-refractivity contribution in [3.8, 4) is 0 Å². The van der Waals surface area contributed by atoms with E-state index in [4.69, 9.17) is 0 Å². The summed E-state index contributed by atoms with van der Waals surface area (Å²) < 4.78 is 0. The Morgan fingerprint density at radius 2 is 1.69 bits per heavy atom. The normalized spacial score (nSPS) is 12.3. The molecule has 148 valence electrons. The number of hydrogen-bond acceptors (Lipinski definition) is 3. The highest BCUT2D eigenvalue weighted by atomic mass is 32.1. The number of amides is 2. The second-order valence-corrected chi connectivity index (χ2v) is 7.93. The van der Waals surface area contributed by atoms with Gasteiger partial charge < -0.3 is 10.6 Å². The fourth-order valence-corrected chi connectivity index (χ4v) is 3.56. The van der Waals surface area contributed by atoms with Crippen LogP contribution in [0.2, 0.25) is 0 Å². The number of hydrogen-bond donors (Lipinski definition) is 2. The molecule has 1 heterocycles. The maximum atomic E-state index is 13.0. The average Bonchev–Trinajstić information content (AvgIpc) is 3.21. The summed E-state index contributed by atoms with van der Waals surface area (Å²) in [6.07, 6.45) is 1.71. The molecule has 0 unspecified atom stereocenters. The van der Waals surface area contributed by atoms with Gasteiger partial charge in [-0.2, -0.15) is 0 Å². The molecular formula is C24H24N2O2S. The van der Waals surface area contributed by atoms with Crippen molar-refractivity contribution in [3.05, 3.63) is 98.9 Å². The van der Waals surface area contributed by atoms with E-state index < -0.39 is 0 Å². The predicted molar refractivity (Wildman–Crippen MR) is 119 cm³/mol. The van der Waals surface area contributed by atoms with E-state index in [2.05, 4.69) is 10.6 Å². The first-order valence-electron chi connectivity index (χ1n) is 9.43. The smallest absolute Gasteiger partial charge is 0.268 e. The fourth-order valence-electron chi connectivity index (χ4n) is 2.90. The molecule has 29 heavy (non-hydrogen) atoms. The lowest BCUT2D eigenvalue weighted by molar-refractivity contribution is -0.118. The SMILES string of the molecule is Cc1ccc([C@@H](C)NC(=O)/C(=C/c2cccs2)NC(=O)c2ccccc2C)cc1. The van der Waals surface area contributed by atoms with Gasteiger partial charge >= 0.3 is 0 Å². The van der Waals surface area contributed by atoms with Gasteiger partial charge in [0.05, 0.1) is 6.04 Å². The molecule has 0 spiro atoms. The van der Waals surface area contributed by atoms with E-state index in [0.717, 1.165) is 21.6 Å². The van der Waals surface area contributed by atoms with E-state index in [0.29, 0.717) is 5.56 Å². The molecule has 0 aliphatic rings. The lowest BCUT2D eigenvalue weighted by Crippen LogP contribution is -2.36. The Balaban J connectivity index is 1.81. The van der Waals surface area contributed by atoms with Crippen LogP contribution in [0.15, 0.2) is 71.7 Å². The Hall–Kier alpha value is -3.18. The summed E-state index contributed by atoms with van der Waals surface area (Å²) in [6, 6.07) is 19.0. The first kappa shape index (κ1) is 20.6. The lowest BCUT2D eigenvalue weighted by Gasteiger charge is -2.17. The van der Waals surface area contributed by atoms with Crippen LogP contribution in [0.25, 0.3) is 6.08 Å². The summed E-state index contributed by atoms with van der Waals surface area (Å²) in [7, 11) is 0. The predicted octanol–water partition coefficient (Wildman–Crippen LogP) is 5.01. The second kappa shape index (κ2) is 9.34. The van der Waals surface area contributed by atoms with Crippen LogP contribution in [0.1, 0.15) is 44.9 Å². The van der Waals surface area contributed by atoms with Gasteiger partial charge in [0.1, 0.15) is 5.70 Å². The summed E-state index contributed by atoms with van der Waals surface area (Å²) in [5.74, 6) is -0.627. The Labute approximate surface area is 175 Å². The molecular weight excluding hydrogens is 380 g/mol. The van der Waals surface area contributed by atoms with Crippen molar-refractivity contribution < 1.29 is 9.59 Å². The molecule has 3 rings (SSSR count). The Bertz CT molecular complexity index is 1020. The molecule has 4 nitrogen and oxygen atoms in total. The molecule has 0 saturated carbocycles. The van der Waals surface area contributed by atoms with Gasteiger partial charge in [0, 0.05) is 10.4 Å². The van der Waals surface area contributed by atoms with Crippen LogP contribution >= 0.6 is 11.3 Å². The van der Waals surface area contributed by atoms with Crippen LogP contribution in [-0.4, -0.2) is 11.8 Å². The van der Waals surface area contributed by atoms with Crippen LogP contribution in [-0.2, 0) is 4.79 Å². The van der Waals surface area contributed by atoms with Gasteiger partial charge in [-0.05, 0) is 55.5 Å². The zero-order valence-electron chi connectivity index (χ0n) is 16.7.